The summed E-state index contributed by atoms with van der Waals surface area (Å²) in [5, 5.41) is 5.12. The van der Waals surface area contributed by atoms with Gasteiger partial charge in [0.05, 0.1) is 17.0 Å². The molecule has 10 heteroatoms. The molecule has 0 spiro atoms. The van der Waals surface area contributed by atoms with Gasteiger partial charge in [-0.3, -0.25) is 14.2 Å². The molecule has 0 aliphatic rings. The molecule has 5 nitrogen and oxygen atoms in total. The molecule has 0 bridgehead atoms. The Morgan fingerprint density at radius 1 is 1.13 bits per heavy atom. The van der Waals surface area contributed by atoms with E-state index in [0.29, 0.717) is 20.9 Å². The number of hydrogen-bond donors (Lipinski definition) is 1. The molecule has 2 aromatic carbocycles. The zero-order valence-electron chi connectivity index (χ0n) is 15.1. The monoisotopic (exact) mass is 463 g/mol. The van der Waals surface area contributed by atoms with Gasteiger partial charge in [-0.2, -0.15) is 0 Å². The van der Waals surface area contributed by atoms with Crippen LogP contribution in [0.15, 0.2) is 63.9 Å². The molecular weight excluding hydrogens is 452 g/mol. The molecule has 4 rings (SSSR count). The van der Waals surface area contributed by atoms with E-state index in [4.69, 9.17) is 11.6 Å². The van der Waals surface area contributed by atoms with Crippen molar-refractivity contribution in [2.24, 2.45) is 0 Å². The van der Waals surface area contributed by atoms with Crippen molar-refractivity contribution >= 4 is 56.5 Å². The second-order valence-corrected chi connectivity index (χ2v) is 8.44. The number of carbonyl (C=O) groups excluding carboxylic acids is 1. The van der Waals surface area contributed by atoms with Crippen molar-refractivity contribution in [3.63, 3.8) is 0 Å². The summed E-state index contributed by atoms with van der Waals surface area (Å²) in [5.41, 5.74) is 0.566. The molecule has 0 saturated heterocycles. The van der Waals surface area contributed by atoms with Crippen LogP contribution in [0.3, 0.4) is 0 Å². The average molecular weight is 464 g/mol. The summed E-state index contributed by atoms with van der Waals surface area (Å²) in [6.45, 7) is 0. The van der Waals surface area contributed by atoms with Gasteiger partial charge in [0.2, 0.25) is 5.91 Å². The lowest BCUT2D eigenvalue weighted by molar-refractivity contribution is -0.113. The van der Waals surface area contributed by atoms with Crippen LogP contribution in [0.25, 0.3) is 15.9 Å². The van der Waals surface area contributed by atoms with E-state index < -0.39 is 17.2 Å². The number of fused-ring (bicyclic) bond motifs is 1. The van der Waals surface area contributed by atoms with Gasteiger partial charge in [0.25, 0.3) is 5.56 Å². The molecule has 4 aromatic rings. The Bertz CT molecular complexity index is 1290. The van der Waals surface area contributed by atoms with Crippen molar-refractivity contribution < 1.29 is 13.6 Å². The third-order valence-corrected chi connectivity index (χ3v) is 6.10. The minimum absolute atomic E-state index is 0.000842. The number of nitrogens with one attached hydrogen (secondary N) is 1. The molecule has 152 valence electrons. The van der Waals surface area contributed by atoms with E-state index in [1.165, 1.54) is 11.3 Å². The second-order valence-electron chi connectivity index (χ2n) is 6.14. The van der Waals surface area contributed by atoms with E-state index in [2.05, 4.69) is 10.3 Å². The van der Waals surface area contributed by atoms with Gasteiger partial charge >= 0.3 is 0 Å². The lowest BCUT2D eigenvalue weighted by atomic mass is 10.3. The Morgan fingerprint density at radius 2 is 1.83 bits per heavy atom. The first-order valence-electron chi connectivity index (χ1n) is 8.55. The summed E-state index contributed by atoms with van der Waals surface area (Å²) in [4.78, 5) is 29.7. The van der Waals surface area contributed by atoms with E-state index in [-0.39, 0.29) is 22.5 Å². The third-order valence-electron chi connectivity index (χ3n) is 4.02. The topological polar surface area (TPSA) is 64.0 Å². The fourth-order valence-electron chi connectivity index (χ4n) is 2.75. The first-order valence-corrected chi connectivity index (χ1v) is 10.8. The predicted octanol–water partition coefficient (Wildman–Crippen LogP) is 5.11. The van der Waals surface area contributed by atoms with Gasteiger partial charge in [-0.1, -0.05) is 23.4 Å². The van der Waals surface area contributed by atoms with Crippen molar-refractivity contribution in [1.29, 1.82) is 0 Å². The van der Waals surface area contributed by atoms with Gasteiger partial charge in [-0.15, -0.1) is 11.3 Å². The number of amides is 1. The zero-order valence-corrected chi connectivity index (χ0v) is 17.5. The molecule has 0 fully saturated rings. The van der Waals surface area contributed by atoms with Crippen LogP contribution in [-0.4, -0.2) is 21.2 Å². The third kappa shape index (κ3) is 4.38. The summed E-state index contributed by atoms with van der Waals surface area (Å²) in [5.74, 6) is -2.04. The van der Waals surface area contributed by atoms with Crippen molar-refractivity contribution in [1.82, 2.24) is 9.55 Å². The summed E-state index contributed by atoms with van der Waals surface area (Å²) >= 11 is 8.00. The normalized spacial score (nSPS) is 11.0. The predicted molar refractivity (Wildman–Crippen MR) is 116 cm³/mol. The maximum absolute atomic E-state index is 13.8. The smallest absolute Gasteiger partial charge is 0.276 e. The molecule has 1 amide bonds. The highest BCUT2D eigenvalue weighted by Crippen LogP contribution is 2.25. The highest BCUT2D eigenvalue weighted by molar-refractivity contribution is 7.99. The van der Waals surface area contributed by atoms with E-state index in [0.717, 1.165) is 34.5 Å². The molecule has 0 radical (unpaired) electrons. The molecule has 0 aliphatic heterocycles. The number of benzene rings is 2. The summed E-state index contributed by atoms with van der Waals surface area (Å²) < 4.78 is 29.0. The minimum atomic E-state index is -0.820. The van der Waals surface area contributed by atoms with E-state index in [9.17, 15) is 18.4 Å². The molecular formula is C20H12ClF2N3O2S2. The van der Waals surface area contributed by atoms with Crippen LogP contribution >= 0.6 is 34.7 Å². The van der Waals surface area contributed by atoms with E-state index >= 15 is 0 Å². The van der Waals surface area contributed by atoms with Gasteiger partial charge in [0.15, 0.2) is 5.16 Å². The standard InChI is InChI=1S/C20H12ClF2N3O2S2/c21-11-1-3-14(4-2-11)24-17(27)10-30-20-25-16-5-6-29-18(16)19(28)26(20)15-8-12(22)7-13(23)9-15/h1-9H,10H2,(H,24,27). The van der Waals surface area contributed by atoms with Gasteiger partial charge in [0, 0.05) is 16.8 Å². The van der Waals surface area contributed by atoms with Crippen LogP contribution in [0.5, 0.6) is 0 Å². The summed E-state index contributed by atoms with van der Waals surface area (Å²) in [6, 6.07) is 11.1. The van der Waals surface area contributed by atoms with Crippen molar-refractivity contribution in [3.05, 3.63) is 80.9 Å². The fourth-order valence-corrected chi connectivity index (χ4v) is 4.44. The molecule has 2 aromatic heterocycles. The van der Waals surface area contributed by atoms with Crippen molar-refractivity contribution in [2.75, 3.05) is 11.1 Å². The maximum Gasteiger partial charge on any atom is 0.276 e. The quantitative estimate of drug-likeness (QED) is 0.330. The van der Waals surface area contributed by atoms with Gasteiger partial charge in [0.1, 0.15) is 16.3 Å². The number of hydrogen-bond acceptors (Lipinski definition) is 5. The highest BCUT2D eigenvalue weighted by atomic mass is 35.5. The molecule has 1 N–H and O–H groups in total. The molecule has 0 atom stereocenters. The van der Waals surface area contributed by atoms with Crippen LogP contribution < -0.4 is 10.9 Å². The van der Waals surface area contributed by atoms with E-state index in [1.54, 1.807) is 35.7 Å². The van der Waals surface area contributed by atoms with Crippen LogP contribution in [0, 0.1) is 11.6 Å². The fraction of sp³-hybridized carbons (Fsp3) is 0.0500. The summed E-state index contributed by atoms with van der Waals surface area (Å²) in [7, 11) is 0. The number of carbonyl (C=O) groups is 1. The largest absolute Gasteiger partial charge is 0.325 e. The van der Waals surface area contributed by atoms with E-state index in [1.807, 2.05) is 0 Å². The van der Waals surface area contributed by atoms with Crippen LogP contribution in [0.4, 0.5) is 14.5 Å². The van der Waals surface area contributed by atoms with Crippen molar-refractivity contribution in [3.8, 4) is 5.69 Å². The SMILES string of the molecule is O=C(CSc1nc2ccsc2c(=O)n1-c1cc(F)cc(F)c1)Nc1ccc(Cl)cc1. The minimum Gasteiger partial charge on any atom is -0.325 e. The lowest BCUT2D eigenvalue weighted by Crippen LogP contribution is -2.22. The number of rotatable bonds is 5. The number of halogens is 3. The second kappa shape index (κ2) is 8.55. The Morgan fingerprint density at radius 3 is 2.53 bits per heavy atom. The van der Waals surface area contributed by atoms with Crippen LogP contribution in [-0.2, 0) is 4.79 Å². The summed E-state index contributed by atoms with van der Waals surface area (Å²) in [6.07, 6.45) is 0. The number of anilines is 1. The van der Waals surface area contributed by atoms with Gasteiger partial charge < -0.3 is 5.32 Å². The van der Waals surface area contributed by atoms with Crippen LogP contribution in [0.1, 0.15) is 0 Å². The Labute approximate surface area is 182 Å². The average Bonchev–Trinajstić information content (AvgIpc) is 3.16. The molecule has 30 heavy (non-hydrogen) atoms. The Balaban J connectivity index is 1.66. The van der Waals surface area contributed by atoms with Gasteiger partial charge in [-0.05, 0) is 47.8 Å². The molecule has 0 saturated carbocycles. The Kier molecular flexibility index (Phi) is 5.85. The first kappa shape index (κ1) is 20.5. The van der Waals surface area contributed by atoms with Gasteiger partial charge in [-0.25, -0.2) is 13.8 Å². The Hall–Kier alpha value is -2.75. The number of thiophene rings is 1. The molecule has 0 aliphatic carbocycles. The zero-order chi connectivity index (χ0) is 21.3. The molecule has 2 heterocycles. The number of thioether (sulfide) groups is 1. The molecule has 0 unspecified atom stereocenters. The maximum atomic E-state index is 13.8. The highest BCUT2D eigenvalue weighted by Gasteiger charge is 2.17. The number of aromatic nitrogens is 2. The van der Waals surface area contributed by atoms with Crippen LogP contribution in [0.2, 0.25) is 5.02 Å². The number of nitrogens with zero attached hydrogens (tertiary/aromatic N) is 2. The first-order chi connectivity index (χ1) is 14.4. The lowest BCUT2D eigenvalue weighted by Gasteiger charge is -2.12. The van der Waals surface area contributed by atoms with Crippen molar-refractivity contribution in [2.45, 2.75) is 5.16 Å².